The Labute approximate surface area is 217 Å². The van der Waals surface area contributed by atoms with Crippen LogP contribution in [0, 0.1) is 11.7 Å². The minimum Gasteiger partial charge on any atom is -0.351 e. The zero-order valence-electron chi connectivity index (χ0n) is 20.3. The number of halogens is 6. The van der Waals surface area contributed by atoms with Gasteiger partial charge in [0.1, 0.15) is 5.82 Å². The third kappa shape index (κ3) is 8.99. The van der Waals surface area contributed by atoms with Crippen LogP contribution >= 0.6 is 0 Å². The third-order valence-corrected chi connectivity index (χ3v) is 6.86. The van der Waals surface area contributed by atoms with Gasteiger partial charge in [0.05, 0.1) is 22.1 Å². The molecule has 38 heavy (non-hydrogen) atoms. The second-order valence-corrected chi connectivity index (χ2v) is 10.6. The Kier molecular flexibility index (Phi) is 11.1. The van der Waals surface area contributed by atoms with E-state index in [0.717, 1.165) is 57.2 Å². The molecule has 1 aliphatic heterocycles. The highest BCUT2D eigenvalue weighted by atomic mass is 32.2. The number of nitrogens with one attached hydrogen (secondary N) is 1. The molecular weight excluding hydrogens is 540 g/mol. The highest BCUT2D eigenvalue weighted by Gasteiger charge is 2.36. The number of sulfone groups is 1. The molecule has 0 bridgehead atoms. The van der Waals surface area contributed by atoms with Crippen LogP contribution in [0.1, 0.15) is 54.6 Å². The quantitative estimate of drug-likeness (QED) is 0.395. The number of carbonyl (C=O) groups excluding carboxylic acids is 2. The second-order valence-electron chi connectivity index (χ2n) is 8.62. The van der Waals surface area contributed by atoms with Crippen LogP contribution in [0.5, 0.6) is 0 Å². The minimum atomic E-state index is -4.56. The summed E-state index contributed by atoms with van der Waals surface area (Å²) < 4.78 is 92.8. The van der Waals surface area contributed by atoms with Crippen LogP contribution in [-0.2, 0) is 20.8 Å². The van der Waals surface area contributed by atoms with E-state index in [1.807, 2.05) is 0 Å². The normalized spacial score (nSPS) is 15.9. The van der Waals surface area contributed by atoms with Gasteiger partial charge in [0.15, 0.2) is 9.84 Å². The number of hydrogen-bond acceptors (Lipinski definition) is 5. The van der Waals surface area contributed by atoms with Gasteiger partial charge in [0.2, 0.25) is 13.3 Å². The largest absolute Gasteiger partial charge is 0.416 e. The summed E-state index contributed by atoms with van der Waals surface area (Å²) in [6, 6.07) is 3.25. The van der Waals surface area contributed by atoms with Crippen LogP contribution in [0.3, 0.4) is 0 Å². The molecule has 1 atom stereocenters. The van der Waals surface area contributed by atoms with E-state index in [9.17, 15) is 44.3 Å². The molecule has 1 saturated heterocycles. The SMILES string of the molecule is CS(=O)(=O)c1cncc(C(=O)N2CCCC2)c1.FCF.O=CN[C@@H](c1ccc(C(F)(F)F)cc1F)C1CC1.[HH]. The van der Waals surface area contributed by atoms with Gasteiger partial charge in [-0.25, -0.2) is 21.6 Å². The smallest absolute Gasteiger partial charge is 0.351 e. The van der Waals surface area contributed by atoms with Gasteiger partial charge in [0, 0.05) is 38.7 Å². The molecule has 212 valence electrons. The molecule has 1 N–H and O–H groups in total. The van der Waals surface area contributed by atoms with Crippen molar-refractivity contribution in [1.82, 2.24) is 15.2 Å². The maximum absolute atomic E-state index is 13.7. The molecule has 14 heteroatoms. The van der Waals surface area contributed by atoms with E-state index in [2.05, 4.69) is 10.3 Å². The molecule has 1 aromatic carbocycles. The van der Waals surface area contributed by atoms with Crippen LogP contribution < -0.4 is 5.32 Å². The van der Waals surface area contributed by atoms with E-state index in [1.54, 1.807) is 4.90 Å². The molecule has 2 heterocycles. The molecule has 4 rings (SSSR count). The summed E-state index contributed by atoms with van der Waals surface area (Å²) in [4.78, 5) is 28.1. The fourth-order valence-electron chi connectivity index (χ4n) is 3.78. The maximum atomic E-state index is 13.7. The molecule has 7 nitrogen and oxygen atoms in total. The van der Waals surface area contributed by atoms with Gasteiger partial charge in [-0.05, 0) is 49.8 Å². The molecular formula is C24H29F6N3O4S. The summed E-state index contributed by atoms with van der Waals surface area (Å²) in [5.74, 6) is -0.960. The molecule has 2 amide bonds. The van der Waals surface area contributed by atoms with Crippen LogP contribution in [0.15, 0.2) is 41.6 Å². The first kappa shape index (κ1) is 31.1. The maximum Gasteiger partial charge on any atom is 0.416 e. The van der Waals surface area contributed by atoms with Crippen molar-refractivity contribution in [2.75, 3.05) is 26.3 Å². The van der Waals surface area contributed by atoms with Crippen molar-refractivity contribution in [3.8, 4) is 0 Å². The molecule has 1 aliphatic carbocycles. The summed E-state index contributed by atoms with van der Waals surface area (Å²) in [6.07, 6.45) is 3.35. The van der Waals surface area contributed by atoms with E-state index in [-0.39, 0.29) is 23.7 Å². The highest BCUT2D eigenvalue weighted by Crippen LogP contribution is 2.42. The third-order valence-electron chi connectivity index (χ3n) is 5.79. The number of carbonyl (C=O) groups is 2. The Balaban J connectivity index is 0.000000347. The van der Waals surface area contributed by atoms with Crippen LogP contribution in [0.4, 0.5) is 26.3 Å². The van der Waals surface area contributed by atoms with Gasteiger partial charge >= 0.3 is 6.18 Å². The number of amides is 2. The fourth-order valence-corrected chi connectivity index (χ4v) is 4.37. The second kappa shape index (κ2) is 13.6. The molecule has 0 unspecified atom stereocenters. The number of aromatic nitrogens is 1. The van der Waals surface area contributed by atoms with Crippen molar-refractivity contribution < 1.29 is 45.8 Å². The van der Waals surface area contributed by atoms with Gasteiger partial charge in [-0.2, -0.15) is 13.2 Å². The summed E-state index contributed by atoms with van der Waals surface area (Å²) in [6.45, 7) is -0.274. The number of pyridine rings is 1. The number of alkyl halides is 5. The lowest BCUT2D eigenvalue weighted by molar-refractivity contribution is -0.137. The average molecular weight is 570 g/mol. The fraction of sp³-hybridized carbons (Fsp3) is 0.458. The van der Waals surface area contributed by atoms with Gasteiger partial charge in [0.25, 0.3) is 5.91 Å². The summed E-state index contributed by atoms with van der Waals surface area (Å²) in [5, 5.41) is 2.46. The molecule has 2 fully saturated rings. The van der Waals surface area contributed by atoms with Crippen LogP contribution in [0.2, 0.25) is 0 Å². The lowest BCUT2D eigenvalue weighted by Crippen LogP contribution is -2.27. The standard InChI is InChI=1S/C12H11F4NO.C11H14N2O3S.CH2F2.H2/c13-10-5-8(12(14,15)16)3-4-9(10)11(17-6-18)7-1-2-7;1-17(15,16)10-6-9(7-12-8-10)11(14)13-4-2-3-5-13;2-1-3;/h3-7,11H,1-2H2,(H,17,18);6-8H,2-5H2,1H3;1H2;1H/t11-;;;/m1.../s1. The van der Waals surface area contributed by atoms with Crippen molar-refractivity contribution in [1.29, 1.82) is 0 Å². The van der Waals surface area contributed by atoms with E-state index < -0.39 is 40.4 Å². The van der Waals surface area contributed by atoms with Crippen molar-refractivity contribution in [3.05, 3.63) is 59.2 Å². The van der Waals surface area contributed by atoms with Gasteiger partial charge in [-0.15, -0.1) is 0 Å². The average Bonchev–Trinajstić information content (AvgIpc) is 3.55. The number of rotatable bonds is 6. The zero-order valence-corrected chi connectivity index (χ0v) is 21.2. The summed E-state index contributed by atoms with van der Waals surface area (Å²) >= 11 is 0. The Morgan fingerprint density at radius 2 is 1.79 bits per heavy atom. The molecule has 2 aliphatic rings. The topological polar surface area (TPSA) is 96.4 Å². The Hall–Kier alpha value is -3.16. The lowest BCUT2D eigenvalue weighted by Gasteiger charge is -2.17. The van der Waals surface area contributed by atoms with E-state index in [0.29, 0.717) is 18.0 Å². The van der Waals surface area contributed by atoms with Crippen LogP contribution in [0.25, 0.3) is 0 Å². The number of likely N-dealkylation sites (tertiary alicyclic amines) is 1. The number of hydrogen-bond donors (Lipinski definition) is 1. The van der Waals surface area contributed by atoms with E-state index in [4.69, 9.17) is 0 Å². The van der Waals surface area contributed by atoms with E-state index in [1.165, 1.54) is 18.5 Å². The molecule has 0 spiro atoms. The summed E-state index contributed by atoms with van der Waals surface area (Å²) in [5.41, 5.74) is -0.572. The monoisotopic (exact) mass is 569 g/mol. The van der Waals surface area contributed by atoms with Gasteiger partial charge < -0.3 is 10.2 Å². The molecule has 2 aromatic rings. The van der Waals surface area contributed by atoms with Crippen molar-refractivity contribution in [2.45, 2.75) is 42.8 Å². The van der Waals surface area contributed by atoms with Crippen molar-refractivity contribution >= 4 is 22.2 Å². The zero-order chi connectivity index (χ0) is 28.5. The van der Waals surface area contributed by atoms with Crippen molar-refractivity contribution in [3.63, 3.8) is 0 Å². The van der Waals surface area contributed by atoms with Gasteiger partial charge in [-0.1, -0.05) is 6.07 Å². The Morgan fingerprint density at radius 3 is 2.26 bits per heavy atom. The Bertz CT molecular complexity index is 1210. The summed E-state index contributed by atoms with van der Waals surface area (Å²) in [7, 11) is -3.32. The predicted molar refractivity (Wildman–Crippen MR) is 128 cm³/mol. The first-order valence-electron chi connectivity index (χ1n) is 11.5. The Morgan fingerprint density at radius 1 is 1.18 bits per heavy atom. The lowest BCUT2D eigenvalue weighted by atomic mass is 10.00. The van der Waals surface area contributed by atoms with E-state index >= 15 is 0 Å². The van der Waals surface area contributed by atoms with Crippen molar-refractivity contribution in [2.24, 2.45) is 5.92 Å². The minimum absolute atomic E-state index is 0. The van der Waals surface area contributed by atoms with Crippen LogP contribution in [-0.4, -0.2) is 56.9 Å². The molecule has 1 saturated carbocycles. The van der Waals surface area contributed by atoms with Gasteiger partial charge in [-0.3, -0.25) is 14.6 Å². The molecule has 1 aromatic heterocycles. The molecule has 0 radical (unpaired) electrons. The first-order chi connectivity index (χ1) is 17.8. The first-order valence-corrected chi connectivity index (χ1v) is 13.3. The predicted octanol–water partition coefficient (Wildman–Crippen LogP) is 4.89. The number of nitrogens with zero attached hydrogens (tertiary/aromatic N) is 2. The number of benzene rings is 1. The highest BCUT2D eigenvalue weighted by molar-refractivity contribution is 7.90.